The summed E-state index contributed by atoms with van der Waals surface area (Å²) in [5, 5.41) is 9.90. The van der Waals surface area contributed by atoms with Gasteiger partial charge in [-0.2, -0.15) is 0 Å². The maximum atomic E-state index is 6.23. The van der Waals surface area contributed by atoms with E-state index in [0.717, 1.165) is 5.32 Å². The van der Waals surface area contributed by atoms with E-state index in [9.17, 15) is 0 Å². The molecule has 3 fully saturated rings. The first kappa shape index (κ1) is 18.5. The van der Waals surface area contributed by atoms with Crippen molar-refractivity contribution in [3.63, 3.8) is 0 Å². The second-order valence-corrected chi connectivity index (χ2v) is 14.3. The average molecular weight is 384 g/mol. The maximum absolute atomic E-state index is 6.23. The highest BCUT2D eigenvalue weighted by molar-refractivity contribution is 6.88. The minimum absolute atomic E-state index is 0.179. The second kappa shape index (κ2) is 5.83. The van der Waals surface area contributed by atoms with E-state index in [4.69, 9.17) is 23.7 Å². The molecule has 4 heterocycles. The van der Waals surface area contributed by atoms with Crippen molar-refractivity contribution in [3.05, 3.63) is 6.20 Å². The van der Waals surface area contributed by atoms with Crippen molar-refractivity contribution in [2.24, 2.45) is 0 Å². The lowest BCUT2D eigenvalue weighted by molar-refractivity contribution is -0.226. The lowest BCUT2D eigenvalue weighted by atomic mass is 10.0. The molecule has 0 spiro atoms. The number of hydrogen-bond acceptors (Lipinski definition) is 7. The van der Waals surface area contributed by atoms with Gasteiger partial charge in [-0.15, -0.1) is 5.10 Å². The maximum Gasteiger partial charge on any atom is 0.189 e. The van der Waals surface area contributed by atoms with Crippen LogP contribution in [0.4, 0.5) is 0 Å². The van der Waals surface area contributed by atoms with Gasteiger partial charge < -0.3 is 23.7 Å². The Morgan fingerprint density at radius 3 is 2.35 bits per heavy atom. The van der Waals surface area contributed by atoms with Gasteiger partial charge >= 0.3 is 0 Å². The average Bonchev–Trinajstić information content (AvgIpc) is 3.19. The molecule has 4 rings (SSSR count). The van der Waals surface area contributed by atoms with Crippen LogP contribution in [-0.4, -0.2) is 65.9 Å². The van der Waals surface area contributed by atoms with Gasteiger partial charge in [-0.05, 0) is 27.7 Å². The van der Waals surface area contributed by atoms with E-state index in [1.165, 1.54) is 0 Å². The summed E-state index contributed by atoms with van der Waals surface area (Å²) in [6, 6.07) is -0.179. The molecule has 0 amide bonds. The molecule has 8 nitrogen and oxygen atoms in total. The number of rotatable bonds is 3. The van der Waals surface area contributed by atoms with Crippen LogP contribution in [0.1, 0.15) is 33.7 Å². The molecule has 3 aliphatic rings. The molecular weight excluding hydrogens is 354 g/mol. The summed E-state index contributed by atoms with van der Waals surface area (Å²) in [6.07, 6.45) is 0.825. The molecule has 0 aliphatic carbocycles. The fourth-order valence-corrected chi connectivity index (χ4v) is 4.63. The molecule has 9 heteroatoms. The van der Waals surface area contributed by atoms with Crippen molar-refractivity contribution in [1.82, 2.24) is 15.0 Å². The van der Waals surface area contributed by atoms with Crippen molar-refractivity contribution < 1.29 is 23.7 Å². The van der Waals surface area contributed by atoms with Crippen LogP contribution < -0.4 is 5.32 Å². The van der Waals surface area contributed by atoms with Crippen LogP contribution in [0.3, 0.4) is 0 Å². The van der Waals surface area contributed by atoms with Crippen LogP contribution in [0.2, 0.25) is 19.6 Å². The lowest BCUT2D eigenvalue weighted by Gasteiger charge is -2.28. The Kier molecular flexibility index (Phi) is 4.15. The van der Waals surface area contributed by atoms with E-state index in [-0.39, 0.29) is 24.4 Å². The first-order valence-corrected chi connectivity index (χ1v) is 12.7. The van der Waals surface area contributed by atoms with E-state index in [1.54, 1.807) is 0 Å². The summed E-state index contributed by atoms with van der Waals surface area (Å²) in [5.41, 5.74) is 0. The smallest absolute Gasteiger partial charge is 0.189 e. The molecule has 0 unspecified atom stereocenters. The largest absolute Gasteiger partial charge is 0.348 e. The first-order chi connectivity index (χ1) is 12.0. The Labute approximate surface area is 155 Å². The number of fused-ring (bicyclic) bond motifs is 1. The third-order valence-electron chi connectivity index (χ3n) is 5.03. The minimum atomic E-state index is -1.57. The highest BCUT2D eigenvalue weighted by Crippen LogP contribution is 2.45. The van der Waals surface area contributed by atoms with Gasteiger partial charge in [0.05, 0.1) is 11.9 Å². The van der Waals surface area contributed by atoms with Crippen LogP contribution in [0, 0.1) is 0 Å². The van der Waals surface area contributed by atoms with E-state index >= 15 is 0 Å². The third-order valence-corrected chi connectivity index (χ3v) is 6.80. The van der Waals surface area contributed by atoms with E-state index in [0.29, 0.717) is 6.61 Å². The van der Waals surface area contributed by atoms with Crippen molar-refractivity contribution >= 4 is 13.4 Å². The van der Waals surface area contributed by atoms with Gasteiger partial charge in [-0.25, -0.2) is 4.68 Å². The molecule has 0 bridgehead atoms. The molecule has 0 aromatic carbocycles. The second-order valence-electron chi connectivity index (χ2n) is 9.26. The summed E-state index contributed by atoms with van der Waals surface area (Å²) in [4.78, 5) is 0. The fraction of sp³-hybridized carbons (Fsp3) is 0.882. The predicted molar refractivity (Wildman–Crippen MR) is 95.6 cm³/mol. The number of aromatic nitrogens is 3. The Balaban J connectivity index is 1.65. The SMILES string of the molecule is CC1(C)O[C@H]2O[C@H]([C@H]3COC(C)(C)O3)[C@H](n3cc([Si](C)(C)C)nn3)[C@H]2O1. The molecular formula is C17H29N3O5Si. The molecule has 5 atom stereocenters. The summed E-state index contributed by atoms with van der Waals surface area (Å²) in [7, 11) is -1.57. The van der Waals surface area contributed by atoms with Gasteiger partial charge in [0.2, 0.25) is 0 Å². The van der Waals surface area contributed by atoms with E-state index in [1.807, 2.05) is 38.6 Å². The van der Waals surface area contributed by atoms with Gasteiger partial charge in [0, 0.05) is 6.20 Å². The zero-order chi connectivity index (χ0) is 18.9. The number of ether oxygens (including phenoxy) is 5. The van der Waals surface area contributed by atoms with E-state index < -0.39 is 25.9 Å². The van der Waals surface area contributed by atoms with Gasteiger partial charge in [-0.1, -0.05) is 24.9 Å². The molecule has 3 aliphatic heterocycles. The summed E-state index contributed by atoms with van der Waals surface area (Å²) in [6.45, 7) is 14.8. The molecule has 3 saturated heterocycles. The fourth-order valence-electron chi connectivity index (χ4n) is 3.77. The van der Waals surface area contributed by atoms with Crippen molar-refractivity contribution in [3.8, 4) is 0 Å². The molecule has 0 radical (unpaired) electrons. The standard InChI is InChI=1S/C17H29N3O5Si/c1-16(2)21-9-10(23-16)13-12(14-15(22-13)25-17(3,4)24-14)20-8-11(18-19-20)26(5,6)7/h8,10,12-15H,9H2,1-7H3/t10-,12+,13-,14-,15-/m1/s1. The van der Waals surface area contributed by atoms with Crippen LogP contribution >= 0.6 is 0 Å². The molecule has 146 valence electrons. The normalized spacial score (nSPS) is 38.7. The molecule has 1 aromatic rings. The topological polar surface area (TPSA) is 76.9 Å². The lowest BCUT2D eigenvalue weighted by Crippen LogP contribution is -2.41. The highest BCUT2D eigenvalue weighted by Gasteiger charge is 2.59. The zero-order valence-electron chi connectivity index (χ0n) is 16.6. The Hall–Kier alpha value is -0.843. The van der Waals surface area contributed by atoms with Crippen molar-refractivity contribution in [2.45, 2.75) is 89.6 Å². The number of nitrogens with zero attached hydrogens (tertiary/aromatic N) is 3. The Bertz CT molecular complexity index is 686. The Morgan fingerprint density at radius 1 is 1.04 bits per heavy atom. The summed E-state index contributed by atoms with van der Waals surface area (Å²) >= 11 is 0. The van der Waals surface area contributed by atoms with Crippen LogP contribution in [-0.2, 0) is 23.7 Å². The monoisotopic (exact) mass is 383 g/mol. The van der Waals surface area contributed by atoms with E-state index in [2.05, 4.69) is 30.0 Å². The number of hydrogen-bond donors (Lipinski definition) is 0. The molecule has 0 saturated carbocycles. The van der Waals surface area contributed by atoms with Gasteiger partial charge in [-0.3, -0.25) is 0 Å². The summed E-state index contributed by atoms with van der Waals surface area (Å²) in [5.74, 6) is -1.31. The Morgan fingerprint density at radius 2 is 1.77 bits per heavy atom. The highest BCUT2D eigenvalue weighted by atomic mass is 28.3. The van der Waals surface area contributed by atoms with Crippen molar-refractivity contribution in [2.75, 3.05) is 6.61 Å². The third kappa shape index (κ3) is 3.25. The molecule has 26 heavy (non-hydrogen) atoms. The molecule has 0 N–H and O–H groups in total. The van der Waals surface area contributed by atoms with Crippen LogP contribution in [0.5, 0.6) is 0 Å². The van der Waals surface area contributed by atoms with Crippen molar-refractivity contribution in [1.29, 1.82) is 0 Å². The molecule has 1 aromatic heterocycles. The first-order valence-electron chi connectivity index (χ1n) is 9.20. The van der Waals surface area contributed by atoms with Crippen LogP contribution in [0.25, 0.3) is 0 Å². The van der Waals surface area contributed by atoms with Gasteiger partial charge in [0.15, 0.2) is 17.9 Å². The van der Waals surface area contributed by atoms with Crippen LogP contribution in [0.15, 0.2) is 6.20 Å². The summed E-state index contributed by atoms with van der Waals surface area (Å²) < 4.78 is 32.0. The van der Waals surface area contributed by atoms with Gasteiger partial charge in [0.25, 0.3) is 0 Å². The minimum Gasteiger partial charge on any atom is -0.348 e. The predicted octanol–water partition coefficient (Wildman–Crippen LogP) is 1.39. The zero-order valence-corrected chi connectivity index (χ0v) is 17.6. The quantitative estimate of drug-likeness (QED) is 0.730. The van der Waals surface area contributed by atoms with Gasteiger partial charge in [0.1, 0.15) is 32.4 Å².